The van der Waals surface area contributed by atoms with Crippen LogP contribution in [0.15, 0.2) is 90.2 Å². The highest BCUT2D eigenvalue weighted by Gasteiger charge is 2.33. The van der Waals surface area contributed by atoms with Crippen LogP contribution in [0.3, 0.4) is 0 Å². The standard InChI is InChI=1S/C30H19ClF3N5O2S/c1-17-5-6-19(14-35-17)24-8-7-18(13-36-24)20-10-21(12-22(11-20)30(32,33)34)26-27(40)38-9-3-2-4-25(38)39(28(26)41)16-23-15-37-29(31)42-23/h2-15H,16H2,1H3/p+1. The number of thiazole rings is 1. The van der Waals surface area contributed by atoms with Gasteiger partial charge in [-0.05, 0) is 60.5 Å². The van der Waals surface area contributed by atoms with Crippen molar-refractivity contribution in [1.29, 1.82) is 0 Å². The zero-order valence-electron chi connectivity index (χ0n) is 21.8. The fourth-order valence-electron chi connectivity index (χ4n) is 4.66. The molecule has 0 saturated heterocycles. The second-order valence-corrected chi connectivity index (χ2v) is 11.2. The third-order valence-corrected chi connectivity index (χ3v) is 7.82. The molecule has 5 heterocycles. The number of aromatic hydroxyl groups is 1. The summed E-state index contributed by atoms with van der Waals surface area (Å²) >= 11 is 7.18. The van der Waals surface area contributed by atoms with Gasteiger partial charge >= 0.3 is 11.7 Å². The molecule has 0 atom stereocenters. The Morgan fingerprint density at radius 1 is 0.929 bits per heavy atom. The molecule has 42 heavy (non-hydrogen) atoms. The first-order chi connectivity index (χ1) is 20.1. The lowest BCUT2D eigenvalue weighted by Crippen LogP contribution is -2.41. The fourth-order valence-corrected chi connectivity index (χ4v) is 5.63. The van der Waals surface area contributed by atoms with Crippen LogP contribution in [-0.4, -0.2) is 24.5 Å². The Labute approximate surface area is 245 Å². The quantitative estimate of drug-likeness (QED) is 0.225. The van der Waals surface area contributed by atoms with Gasteiger partial charge in [0.15, 0.2) is 10.0 Å². The van der Waals surface area contributed by atoms with E-state index in [2.05, 4.69) is 15.0 Å². The number of pyridine rings is 3. The molecule has 6 aromatic rings. The highest BCUT2D eigenvalue weighted by atomic mass is 35.5. The number of alkyl halides is 3. The SMILES string of the molecule is Cc1ccc(-c2ccc(-c3cc(-c4c(O)[n+](Cc5cnc(Cl)s5)c5ccccn5c4=O)cc(C(F)(F)F)c3)cn2)cn1. The van der Waals surface area contributed by atoms with Gasteiger partial charge in [-0.25, -0.2) is 9.78 Å². The smallest absolute Gasteiger partial charge is 0.416 e. The number of aryl methyl sites for hydroxylation is 1. The van der Waals surface area contributed by atoms with E-state index >= 15 is 0 Å². The van der Waals surface area contributed by atoms with Crippen LogP contribution < -0.4 is 10.1 Å². The minimum Gasteiger partial charge on any atom is -0.477 e. The van der Waals surface area contributed by atoms with Gasteiger partial charge in [0.05, 0.1) is 22.3 Å². The van der Waals surface area contributed by atoms with Crippen LogP contribution in [0.5, 0.6) is 5.88 Å². The topological polar surface area (TPSA) is 84.3 Å². The summed E-state index contributed by atoms with van der Waals surface area (Å²) in [5, 5.41) is 11.4. The molecular weight excluding hydrogens is 587 g/mol. The second kappa shape index (κ2) is 10.7. The summed E-state index contributed by atoms with van der Waals surface area (Å²) in [6.07, 6.45) is 1.45. The van der Waals surface area contributed by atoms with Gasteiger partial charge in [0.25, 0.3) is 11.5 Å². The average molecular weight is 607 g/mol. The first kappa shape index (κ1) is 27.6. The van der Waals surface area contributed by atoms with Crippen LogP contribution in [0.1, 0.15) is 16.1 Å². The van der Waals surface area contributed by atoms with Gasteiger partial charge < -0.3 is 5.11 Å². The lowest BCUT2D eigenvalue weighted by molar-refractivity contribution is -0.671. The zero-order chi connectivity index (χ0) is 29.6. The molecule has 0 aliphatic carbocycles. The van der Waals surface area contributed by atoms with Crippen LogP contribution in [0.4, 0.5) is 13.2 Å². The molecule has 0 aliphatic heterocycles. The molecule has 7 nitrogen and oxygen atoms in total. The van der Waals surface area contributed by atoms with E-state index in [0.717, 1.165) is 23.4 Å². The summed E-state index contributed by atoms with van der Waals surface area (Å²) < 4.78 is 45.4. The monoisotopic (exact) mass is 606 g/mol. The van der Waals surface area contributed by atoms with Crippen LogP contribution in [-0.2, 0) is 12.7 Å². The average Bonchev–Trinajstić information content (AvgIpc) is 3.40. The molecule has 5 aromatic heterocycles. The molecule has 12 heteroatoms. The molecule has 0 bridgehead atoms. The van der Waals surface area contributed by atoms with Crippen molar-refractivity contribution in [1.82, 2.24) is 19.4 Å². The van der Waals surface area contributed by atoms with E-state index in [1.54, 1.807) is 36.5 Å². The Balaban J connectivity index is 1.53. The maximum atomic E-state index is 14.1. The molecular formula is C30H20ClF3N5O2S+. The molecule has 1 aromatic carbocycles. The first-order valence-corrected chi connectivity index (χ1v) is 13.8. The number of aromatic nitrogens is 5. The fraction of sp³-hybridized carbons (Fsp3) is 0.100. The number of halogens is 4. The molecule has 0 amide bonds. The summed E-state index contributed by atoms with van der Waals surface area (Å²) in [6, 6.07) is 15.3. The van der Waals surface area contributed by atoms with E-state index in [4.69, 9.17) is 11.6 Å². The van der Waals surface area contributed by atoms with Gasteiger partial charge in [0, 0.05) is 41.5 Å². The summed E-state index contributed by atoms with van der Waals surface area (Å²) in [5.41, 5.74) is 1.11. The van der Waals surface area contributed by atoms with Gasteiger partial charge in [-0.3, -0.25) is 9.97 Å². The second-order valence-electron chi connectivity index (χ2n) is 9.52. The number of nitrogens with zero attached hydrogens (tertiary/aromatic N) is 5. The van der Waals surface area contributed by atoms with Gasteiger partial charge in [0.1, 0.15) is 6.54 Å². The number of rotatable bonds is 5. The maximum Gasteiger partial charge on any atom is 0.416 e. The van der Waals surface area contributed by atoms with Crippen molar-refractivity contribution in [2.75, 3.05) is 0 Å². The molecule has 210 valence electrons. The summed E-state index contributed by atoms with van der Waals surface area (Å²) in [5.74, 6) is -0.485. The van der Waals surface area contributed by atoms with Gasteiger partial charge in [-0.2, -0.15) is 22.1 Å². The van der Waals surface area contributed by atoms with E-state index in [1.165, 1.54) is 45.0 Å². The lowest BCUT2D eigenvalue weighted by Gasteiger charge is -2.14. The van der Waals surface area contributed by atoms with Crippen LogP contribution in [0, 0.1) is 6.92 Å². The van der Waals surface area contributed by atoms with E-state index in [0.29, 0.717) is 26.2 Å². The first-order valence-electron chi connectivity index (χ1n) is 12.6. The van der Waals surface area contributed by atoms with E-state index in [-0.39, 0.29) is 23.2 Å². The van der Waals surface area contributed by atoms with Gasteiger partial charge in [-0.1, -0.05) is 23.7 Å². The van der Waals surface area contributed by atoms with Crippen LogP contribution in [0.2, 0.25) is 4.47 Å². The minimum atomic E-state index is -4.72. The predicted octanol–water partition coefficient (Wildman–Crippen LogP) is 6.57. The van der Waals surface area contributed by atoms with Crippen molar-refractivity contribution in [2.45, 2.75) is 19.6 Å². The molecule has 0 spiro atoms. The van der Waals surface area contributed by atoms with Crippen LogP contribution in [0.25, 0.3) is 39.2 Å². The Kier molecular flexibility index (Phi) is 6.99. The maximum absolute atomic E-state index is 14.1. The molecule has 0 fully saturated rings. The Morgan fingerprint density at radius 3 is 2.36 bits per heavy atom. The van der Waals surface area contributed by atoms with Crippen molar-refractivity contribution >= 4 is 28.6 Å². The van der Waals surface area contributed by atoms with E-state index < -0.39 is 23.2 Å². The number of fused-ring (bicyclic) bond motifs is 1. The molecule has 0 unspecified atom stereocenters. The summed E-state index contributed by atoms with van der Waals surface area (Å²) in [4.78, 5) is 27.0. The predicted molar refractivity (Wildman–Crippen MR) is 153 cm³/mol. The third kappa shape index (κ3) is 5.24. The van der Waals surface area contributed by atoms with Crippen molar-refractivity contribution < 1.29 is 22.8 Å². The highest BCUT2D eigenvalue weighted by Crippen LogP contribution is 2.37. The normalized spacial score (nSPS) is 11.7. The van der Waals surface area contributed by atoms with Crippen LogP contribution >= 0.6 is 22.9 Å². The van der Waals surface area contributed by atoms with Crippen molar-refractivity contribution in [3.05, 3.63) is 116 Å². The Morgan fingerprint density at radius 2 is 1.69 bits per heavy atom. The lowest BCUT2D eigenvalue weighted by atomic mass is 9.97. The zero-order valence-corrected chi connectivity index (χ0v) is 23.4. The largest absolute Gasteiger partial charge is 0.477 e. The summed E-state index contributed by atoms with van der Waals surface area (Å²) in [7, 11) is 0. The van der Waals surface area contributed by atoms with E-state index in [1.807, 2.05) is 19.1 Å². The Bertz CT molecular complexity index is 2010. The van der Waals surface area contributed by atoms with Gasteiger partial charge in [0.2, 0.25) is 0 Å². The molecule has 1 N–H and O–H groups in total. The van der Waals surface area contributed by atoms with Gasteiger partial charge in [-0.15, -0.1) is 11.3 Å². The van der Waals surface area contributed by atoms with Crippen molar-refractivity contribution in [3.63, 3.8) is 0 Å². The number of hydrogen-bond acceptors (Lipinski definition) is 6. The molecule has 0 radical (unpaired) electrons. The minimum absolute atomic E-state index is 0.0854. The number of hydrogen-bond donors (Lipinski definition) is 1. The molecule has 0 aliphatic rings. The van der Waals surface area contributed by atoms with Crippen molar-refractivity contribution in [3.8, 4) is 39.4 Å². The van der Waals surface area contributed by atoms with Crippen molar-refractivity contribution in [2.24, 2.45) is 0 Å². The molecule has 6 rings (SSSR count). The summed E-state index contributed by atoms with van der Waals surface area (Å²) in [6.45, 7) is 1.95. The Hall–Kier alpha value is -4.61. The highest BCUT2D eigenvalue weighted by molar-refractivity contribution is 7.15. The molecule has 0 saturated carbocycles. The van der Waals surface area contributed by atoms with E-state index in [9.17, 15) is 23.1 Å². The third-order valence-electron chi connectivity index (χ3n) is 6.72. The number of benzene rings is 1.